The molecule has 1 aliphatic rings. The summed E-state index contributed by atoms with van der Waals surface area (Å²) in [7, 11) is 3.90. The third-order valence-corrected chi connectivity index (χ3v) is 4.42. The maximum Gasteiger partial charge on any atom is 0.412 e. The number of Topliss-reactive ketones (excluding diaryl/α,β-unsaturated/α-hetero) is 1. The molecule has 0 spiro atoms. The highest BCUT2D eigenvalue weighted by Crippen LogP contribution is 2.36. The van der Waals surface area contributed by atoms with Crippen molar-refractivity contribution in [2.75, 3.05) is 32.5 Å². The van der Waals surface area contributed by atoms with Gasteiger partial charge in [-0.05, 0) is 46.5 Å². The summed E-state index contributed by atoms with van der Waals surface area (Å²) in [5, 5.41) is 13.2. The summed E-state index contributed by atoms with van der Waals surface area (Å²) in [4.78, 5) is 31.0. The number of nitrogens with zero attached hydrogens (tertiary/aromatic N) is 2. The standard InChI is InChI=1S/C22H31N3O4/c1-22(2,3)29-21(28)24-18-9-7-6-8-16(18)15-12-19(26)17(20(27)13-15)14-23-10-11-25(4)5/h6-9,14-15,26H,10-13H2,1-5H3,(H,24,28). The SMILES string of the molecule is CN(C)CCN=CC1=C(O)CC(c2ccccc2NC(=O)OC(C)(C)C)CC1=O. The molecule has 1 unspecified atom stereocenters. The lowest BCUT2D eigenvalue weighted by Crippen LogP contribution is -2.28. The molecule has 1 aromatic rings. The van der Waals surface area contributed by atoms with Crippen LogP contribution in [0.15, 0.2) is 40.6 Å². The lowest BCUT2D eigenvalue weighted by Gasteiger charge is -2.25. The van der Waals surface area contributed by atoms with Crippen LogP contribution in [0.25, 0.3) is 0 Å². The summed E-state index contributed by atoms with van der Waals surface area (Å²) in [5.74, 6) is -0.348. The van der Waals surface area contributed by atoms with Gasteiger partial charge in [-0.25, -0.2) is 4.79 Å². The zero-order chi connectivity index (χ0) is 21.6. The fraction of sp³-hybridized carbons (Fsp3) is 0.500. The van der Waals surface area contributed by atoms with E-state index in [2.05, 4.69) is 10.3 Å². The molecule has 0 radical (unpaired) electrons. The number of carbonyl (C=O) groups is 2. The van der Waals surface area contributed by atoms with Gasteiger partial charge >= 0.3 is 6.09 Å². The number of likely N-dealkylation sites (N-methyl/N-ethyl adjacent to an activating group) is 1. The van der Waals surface area contributed by atoms with E-state index in [0.717, 1.165) is 12.1 Å². The van der Waals surface area contributed by atoms with E-state index >= 15 is 0 Å². The predicted molar refractivity (Wildman–Crippen MR) is 115 cm³/mol. The van der Waals surface area contributed by atoms with Gasteiger partial charge < -0.3 is 14.7 Å². The van der Waals surface area contributed by atoms with E-state index in [1.54, 1.807) is 32.9 Å². The Morgan fingerprint density at radius 1 is 1.31 bits per heavy atom. The summed E-state index contributed by atoms with van der Waals surface area (Å²) < 4.78 is 5.32. The Morgan fingerprint density at radius 3 is 2.62 bits per heavy atom. The van der Waals surface area contributed by atoms with Gasteiger partial charge in [0.1, 0.15) is 11.4 Å². The molecule has 2 N–H and O–H groups in total. The van der Waals surface area contributed by atoms with Gasteiger partial charge in [-0.1, -0.05) is 18.2 Å². The maximum absolute atomic E-state index is 12.6. The molecule has 1 aliphatic carbocycles. The predicted octanol–water partition coefficient (Wildman–Crippen LogP) is 3.92. The maximum atomic E-state index is 12.6. The first-order valence-corrected chi connectivity index (χ1v) is 9.75. The number of aliphatic hydroxyl groups excluding tert-OH is 1. The number of ketones is 1. The van der Waals surface area contributed by atoms with Crippen LogP contribution >= 0.6 is 0 Å². The summed E-state index contributed by atoms with van der Waals surface area (Å²) in [6.07, 6.45) is 1.47. The third-order valence-electron chi connectivity index (χ3n) is 4.42. The molecule has 0 heterocycles. The minimum absolute atomic E-state index is 0.0342. The van der Waals surface area contributed by atoms with Crippen LogP contribution in [0, 0.1) is 0 Å². The number of hydrogen-bond acceptors (Lipinski definition) is 6. The van der Waals surface area contributed by atoms with Crippen LogP contribution in [-0.4, -0.2) is 60.9 Å². The van der Waals surface area contributed by atoms with Gasteiger partial charge in [-0.2, -0.15) is 0 Å². The second-order valence-electron chi connectivity index (χ2n) is 8.44. The van der Waals surface area contributed by atoms with Crippen LogP contribution in [0.2, 0.25) is 0 Å². The van der Waals surface area contributed by atoms with Crippen molar-refractivity contribution in [3.8, 4) is 0 Å². The Morgan fingerprint density at radius 2 is 2.00 bits per heavy atom. The van der Waals surface area contributed by atoms with E-state index in [1.165, 1.54) is 6.21 Å². The van der Waals surface area contributed by atoms with Crippen molar-refractivity contribution in [2.24, 2.45) is 4.99 Å². The number of allylic oxidation sites excluding steroid dienone is 2. The minimum Gasteiger partial charge on any atom is -0.511 e. The van der Waals surface area contributed by atoms with Gasteiger partial charge in [-0.15, -0.1) is 0 Å². The zero-order valence-corrected chi connectivity index (χ0v) is 17.9. The average Bonchev–Trinajstić information content (AvgIpc) is 2.58. The smallest absolute Gasteiger partial charge is 0.412 e. The molecule has 2 rings (SSSR count). The molecule has 0 bridgehead atoms. The Balaban J connectivity index is 2.15. The highest BCUT2D eigenvalue weighted by molar-refractivity contribution is 6.14. The van der Waals surface area contributed by atoms with Gasteiger partial charge in [0.05, 0.1) is 12.1 Å². The lowest BCUT2D eigenvalue weighted by atomic mass is 9.82. The Labute approximate surface area is 172 Å². The van der Waals surface area contributed by atoms with Gasteiger partial charge in [-0.3, -0.25) is 15.1 Å². The van der Waals surface area contributed by atoms with Crippen molar-refractivity contribution in [3.05, 3.63) is 41.2 Å². The number of ether oxygens (including phenoxy) is 1. The largest absolute Gasteiger partial charge is 0.511 e. The number of nitrogens with one attached hydrogen (secondary N) is 1. The normalized spacial score (nSPS) is 17.9. The number of carbonyl (C=O) groups excluding carboxylic acids is 2. The van der Waals surface area contributed by atoms with Gasteiger partial charge in [0.2, 0.25) is 0 Å². The van der Waals surface area contributed by atoms with Crippen molar-refractivity contribution in [1.29, 1.82) is 0 Å². The van der Waals surface area contributed by atoms with Crippen molar-refractivity contribution < 1.29 is 19.4 Å². The fourth-order valence-electron chi connectivity index (χ4n) is 3.07. The molecule has 1 aromatic carbocycles. The molecule has 0 fully saturated rings. The number of hydrogen-bond donors (Lipinski definition) is 2. The first-order valence-electron chi connectivity index (χ1n) is 9.75. The van der Waals surface area contributed by atoms with Crippen LogP contribution in [0.1, 0.15) is 45.1 Å². The number of para-hydroxylation sites is 1. The monoisotopic (exact) mass is 401 g/mol. The first-order chi connectivity index (χ1) is 13.6. The van der Waals surface area contributed by atoms with Gasteiger partial charge in [0.15, 0.2) is 5.78 Å². The molecular weight excluding hydrogens is 370 g/mol. The number of anilines is 1. The topological polar surface area (TPSA) is 91.2 Å². The van der Waals surface area contributed by atoms with Crippen molar-refractivity contribution >= 4 is 23.8 Å². The quantitative estimate of drug-likeness (QED) is 0.705. The van der Waals surface area contributed by atoms with E-state index in [9.17, 15) is 14.7 Å². The molecule has 1 amide bonds. The van der Waals surface area contributed by atoms with Gasteiger partial charge in [0, 0.05) is 37.2 Å². The lowest BCUT2D eigenvalue weighted by molar-refractivity contribution is -0.116. The summed E-state index contributed by atoms with van der Waals surface area (Å²) >= 11 is 0. The highest BCUT2D eigenvalue weighted by Gasteiger charge is 2.29. The number of aliphatic hydroxyl groups is 1. The number of rotatable bonds is 6. The summed E-state index contributed by atoms with van der Waals surface area (Å²) in [6, 6.07) is 7.27. The number of aliphatic imine (C=N–C) groups is 1. The van der Waals surface area contributed by atoms with E-state index in [-0.39, 0.29) is 29.5 Å². The van der Waals surface area contributed by atoms with Crippen LogP contribution < -0.4 is 5.32 Å². The summed E-state index contributed by atoms with van der Waals surface area (Å²) in [5.41, 5.74) is 1.04. The fourth-order valence-corrected chi connectivity index (χ4v) is 3.07. The minimum atomic E-state index is -0.609. The summed E-state index contributed by atoms with van der Waals surface area (Å²) in [6.45, 7) is 6.71. The van der Waals surface area contributed by atoms with Gasteiger partial charge in [0.25, 0.3) is 0 Å². The second-order valence-corrected chi connectivity index (χ2v) is 8.44. The average molecular weight is 402 g/mol. The second kappa shape index (κ2) is 9.69. The molecule has 7 heteroatoms. The van der Waals surface area contributed by atoms with Crippen molar-refractivity contribution in [2.45, 2.75) is 45.1 Å². The Hall–Kier alpha value is -2.67. The van der Waals surface area contributed by atoms with E-state index in [1.807, 2.05) is 31.1 Å². The molecule has 158 valence electrons. The molecular formula is C22H31N3O4. The zero-order valence-electron chi connectivity index (χ0n) is 17.9. The third kappa shape index (κ3) is 7.02. The number of benzene rings is 1. The first kappa shape index (κ1) is 22.6. The van der Waals surface area contributed by atoms with Crippen LogP contribution in [0.3, 0.4) is 0 Å². The molecule has 0 aromatic heterocycles. The molecule has 0 saturated carbocycles. The molecule has 0 aliphatic heterocycles. The van der Waals surface area contributed by atoms with E-state index < -0.39 is 11.7 Å². The van der Waals surface area contributed by atoms with Crippen molar-refractivity contribution in [1.82, 2.24) is 4.90 Å². The van der Waals surface area contributed by atoms with Crippen molar-refractivity contribution in [3.63, 3.8) is 0 Å². The van der Waals surface area contributed by atoms with Crippen LogP contribution in [-0.2, 0) is 9.53 Å². The molecule has 0 saturated heterocycles. The highest BCUT2D eigenvalue weighted by atomic mass is 16.6. The van der Waals surface area contributed by atoms with Crippen LogP contribution in [0.4, 0.5) is 10.5 Å². The Kier molecular flexibility index (Phi) is 7.56. The molecule has 29 heavy (non-hydrogen) atoms. The number of amides is 1. The Bertz CT molecular complexity index is 807. The van der Waals surface area contributed by atoms with E-state index in [0.29, 0.717) is 18.7 Å². The van der Waals surface area contributed by atoms with Crippen LogP contribution in [0.5, 0.6) is 0 Å². The molecule has 1 atom stereocenters. The molecule has 7 nitrogen and oxygen atoms in total. The van der Waals surface area contributed by atoms with E-state index in [4.69, 9.17) is 4.74 Å².